The molecule has 0 heteroatoms. The Labute approximate surface area is 99.0 Å². The average molecular weight is 212 g/mol. The molecule has 84 valence electrons. The van der Waals surface area contributed by atoms with E-state index in [1.807, 2.05) is 13.8 Å². The van der Waals surface area contributed by atoms with Gasteiger partial charge in [-0.25, -0.2) is 0 Å². The van der Waals surface area contributed by atoms with Crippen molar-refractivity contribution in [3.05, 3.63) is 65.8 Å². The lowest BCUT2D eigenvalue weighted by Crippen LogP contribution is -1.85. The summed E-state index contributed by atoms with van der Waals surface area (Å²) in [5, 5.41) is 0. The van der Waals surface area contributed by atoms with Gasteiger partial charge in [0.2, 0.25) is 0 Å². The van der Waals surface area contributed by atoms with E-state index in [2.05, 4.69) is 56.0 Å². The Morgan fingerprint density at radius 1 is 1.38 bits per heavy atom. The quantitative estimate of drug-likeness (QED) is 0.630. The Kier molecular flexibility index (Phi) is 4.78. The maximum Gasteiger partial charge on any atom is -0.0181 e. The van der Waals surface area contributed by atoms with Gasteiger partial charge in [-0.1, -0.05) is 61.6 Å². The third-order valence-corrected chi connectivity index (χ3v) is 2.42. The summed E-state index contributed by atoms with van der Waals surface area (Å²) >= 11 is 0. The predicted octanol–water partition coefficient (Wildman–Crippen LogP) is 4.78. The molecule has 0 N–H and O–H groups in total. The van der Waals surface area contributed by atoms with Crippen LogP contribution in [0.2, 0.25) is 0 Å². The fourth-order valence-corrected chi connectivity index (χ4v) is 1.64. The first kappa shape index (κ1) is 12.5. The van der Waals surface area contributed by atoms with Crippen molar-refractivity contribution in [1.82, 2.24) is 0 Å². The Hall–Kier alpha value is -1.56. The van der Waals surface area contributed by atoms with Crippen LogP contribution in [0.1, 0.15) is 31.9 Å². The molecule has 0 radical (unpaired) electrons. The van der Waals surface area contributed by atoms with Crippen molar-refractivity contribution in [2.45, 2.75) is 27.2 Å². The SMILES string of the molecule is C=C(C)/C=C(\C=CC)c1cccc(CC)c1. The zero-order valence-electron chi connectivity index (χ0n) is 10.5. The fraction of sp³-hybridized carbons (Fsp3) is 0.250. The van der Waals surface area contributed by atoms with Gasteiger partial charge < -0.3 is 0 Å². The number of hydrogen-bond donors (Lipinski definition) is 0. The molecule has 0 unspecified atom stereocenters. The maximum absolute atomic E-state index is 3.93. The van der Waals surface area contributed by atoms with Crippen LogP contribution in [0, 0.1) is 0 Å². The minimum absolute atomic E-state index is 1.07. The van der Waals surface area contributed by atoms with Gasteiger partial charge in [0.05, 0.1) is 0 Å². The predicted molar refractivity (Wildman–Crippen MR) is 73.4 cm³/mol. The van der Waals surface area contributed by atoms with E-state index in [0.29, 0.717) is 0 Å². The van der Waals surface area contributed by atoms with Crippen molar-refractivity contribution >= 4 is 5.57 Å². The van der Waals surface area contributed by atoms with Crippen LogP contribution in [0.4, 0.5) is 0 Å². The topological polar surface area (TPSA) is 0 Å². The van der Waals surface area contributed by atoms with E-state index in [9.17, 15) is 0 Å². The Morgan fingerprint density at radius 3 is 2.69 bits per heavy atom. The fourth-order valence-electron chi connectivity index (χ4n) is 1.64. The molecule has 0 saturated heterocycles. The molecule has 0 bridgehead atoms. The number of benzene rings is 1. The van der Waals surface area contributed by atoms with E-state index in [4.69, 9.17) is 0 Å². The highest BCUT2D eigenvalue weighted by atomic mass is 14.0. The minimum atomic E-state index is 1.07. The molecule has 0 atom stereocenters. The van der Waals surface area contributed by atoms with Gasteiger partial charge >= 0.3 is 0 Å². The number of hydrogen-bond acceptors (Lipinski definition) is 0. The van der Waals surface area contributed by atoms with E-state index >= 15 is 0 Å². The highest BCUT2D eigenvalue weighted by molar-refractivity contribution is 5.76. The first-order chi connectivity index (χ1) is 7.67. The van der Waals surface area contributed by atoms with Crippen LogP contribution in [0.15, 0.2) is 54.6 Å². The van der Waals surface area contributed by atoms with Gasteiger partial charge in [0, 0.05) is 0 Å². The van der Waals surface area contributed by atoms with E-state index in [0.717, 1.165) is 12.0 Å². The molecule has 0 amide bonds. The second-order valence-electron chi connectivity index (χ2n) is 4.00. The van der Waals surface area contributed by atoms with Crippen LogP contribution in [-0.2, 0) is 6.42 Å². The van der Waals surface area contributed by atoms with Gasteiger partial charge in [-0.15, -0.1) is 0 Å². The largest absolute Gasteiger partial charge is 0.0961 e. The van der Waals surface area contributed by atoms with Gasteiger partial charge in [0.25, 0.3) is 0 Å². The monoisotopic (exact) mass is 212 g/mol. The van der Waals surface area contributed by atoms with E-state index in [1.54, 1.807) is 0 Å². The normalized spacial score (nSPS) is 12.1. The van der Waals surface area contributed by atoms with E-state index < -0.39 is 0 Å². The molecule has 0 fully saturated rings. The van der Waals surface area contributed by atoms with Crippen LogP contribution in [0.3, 0.4) is 0 Å². The molecule has 0 aliphatic rings. The molecule has 0 aliphatic heterocycles. The van der Waals surface area contributed by atoms with Crippen LogP contribution in [0.5, 0.6) is 0 Å². The Balaban J connectivity index is 3.15. The lowest BCUT2D eigenvalue weighted by atomic mass is 10.00. The summed E-state index contributed by atoms with van der Waals surface area (Å²) in [6, 6.07) is 8.67. The van der Waals surface area contributed by atoms with Crippen molar-refractivity contribution in [2.24, 2.45) is 0 Å². The molecule has 0 saturated carbocycles. The summed E-state index contributed by atoms with van der Waals surface area (Å²) in [6.45, 7) is 10.2. The summed E-state index contributed by atoms with van der Waals surface area (Å²) in [5.41, 5.74) is 4.94. The number of rotatable bonds is 4. The van der Waals surface area contributed by atoms with Crippen molar-refractivity contribution in [3.8, 4) is 0 Å². The summed E-state index contributed by atoms with van der Waals surface area (Å²) < 4.78 is 0. The van der Waals surface area contributed by atoms with Gasteiger partial charge in [0.15, 0.2) is 0 Å². The van der Waals surface area contributed by atoms with Crippen LogP contribution in [-0.4, -0.2) is 0 Å². The Morgan fingerprint density at radius 2 is 2.12 bits per heavy atom. The van der Waals surface area contributed by atoms with Gasteiger partial charge in [-0.2, -0.15) is 0 Å². The van der Waals surface area contributed by atoms with E-state index in [-0.39, 0.29) is 0 Å². The number of aryl methyl sites for hydroxylation is 1. The summed E-state index contributed by atoms with van der Waals surface area (Å²) in [7, 11) is 0. The molecule has 1 aromatic rings. The van der Waals surface area contributed by atoms with Gasteiger partial charge in [-0.3, -0.25) is 0 Å². The van der Waals surface area contributed by atoms with Gasteiger partial charge in [0.1, 0.15) is 0 Å². The third kappa shape index (κ3) is 3.54. The Bertz CT molecular complexity index is 419. The highest BCUT2D eigenvalue weighted by Crippen LogP contribution is 2.19. The minimum Gasteiger partial charge on any atom is -0.0961 e. The third-order valence-electron chi connectivity index (χ3n) is 2.42. The molecule has 1 rings (SSSR count). The standard InChI is InChI=1S/C16H20/c1-5-8-15(11-13(3)4)16-10-7-9-14(6-2)12-16/h5,7-12H,3,6H2,1-2,4H3/b8-5?,15-11+. The van der Waals surface area contributed by atoms with Gasteiger partial charge in [-0.05, 0) is 37.0 Å². The van der Waals surface area contributed by atoms with Crippen molar-refractivity contribution in [2.75, 3.05) is 0 Å². The maximum atomic E-state index is 3.93. The number of allylic oxidation sites excluding steroid dienone is 5. The molecule has 0 aromatic heterocycles. The zero-order chi connectivity index (χ0) is 12.0. The molecular weight excluding hydrogens is 192 g/mol. The molecule has 1 aromatic carbocycles. The second kappa shape index (κ2) is 6.12. The molecule has 0 aliphatic carbocycles. The van der Waals surface area contributed by atoms with Crippen LogP contribution in [0.25, 0.3) is 5.57 Å². The first-order valence-electron chi connectivity index (χ1n) is 5.76. The van der Waals surface area contributed by atoms with Crippen LogP contribution < -0.4 is 0 Å². The zero-order valence-corrected chi connectivity index (χ0v) is 10.5. The lowest BCUT2D eigenvalue weighted by Gasteiger charge is -2.05. The molecular formula is C16H20. The smallest absolute Gasteiger partial charge is 0.0181 e. The summed E-state index contributed by atoms with van der Waals surface area (Å²) in [5.74, 6) is 0. The average Bonchev–Trinajstić information content (AvgIpc) is 2.28. The highest BCUT2D eigenvalue weighted by Gasteiger charge is 1.98. The molecule has 0 heterocycles. The molecule has 0 spiro atoms. The second-order valence-corrected chi connectivity index (χ2v) is 4.00. The van der Waals surface area contributed by atoms with E-state index in [1.165, 1.54) is 16.7 Å². The lowest BCUT2D eigenvalue weighted by molar-refractivity contribution is 1.14. The van der Waals surface area contributed by atoms with Crippen molar-refractivity contribution in [1.29, 1.82) is 0 Å². The first-order valence-corrected chi connectivity index (χ1v) is 5.76. The molecule has 16 heavy (non-hydrogen) atoms. The van der Waals surface area contributed by atoms with Crippen LogP contribution >= 0.6 is 0 Å². The summed E-state index contributed by atoms with van der Waals surface area (Å²) in [4.78, 5) is 0. The molecule has 0 nitrogen and oxygen atoms in total. The summed E-state index contributed by atoms with van der Waals surface area (Å²) in [6.07, 6.45) is 7.38. The van der Waals surface area contributed by atoms with Crippen molar-refractivity contribution < 1.29 is 0 Å². The van der Waals surface area contributed by atoms with Crippen molar-refractivity contribution in [3.63, 3.8) is 0 Å².